The summed E-state index contributed by atoms with van der Waals surface area (Å²) in [5, 5.41) is 2.93. The highest BCUT2D eigenvalue weighted by molar-refractivity contribution is 7.90. The second kappa shape index (κ2) is 7.24. The van der Waals surface area contributed by atoms with Gasteiger partial charge >= 0.3 is 0 Å². The van der Waals surface area contributed by atoms with Gasteiger partial charge in [-0.3, -0.25) is 4.79 Å². The van der Waals surface area contributed by atoms with Crippen LogP contribution in [0.5, 0.6) is 0 Å². The molecule has 1 aromatic carbocycles. The summed E-state index contributed by atoms with van der Waals surface area (Å²) in [6, 6.07) is 6.32. The zero-order valence-electron chi connectivity index (χ0n) is 11.9. The Morgan fingerprint density at radius 3 is 2.62 bits per heavy atom. The topological polar surface area (TPSA) is 89.3 Å². The van der Waals surface area contributed by atoms with Crippen molar-refractivity contribution in [3.63, 3.8) is 0 Å². The van der Waals surface area contributed by atoms with Gasteiger partial charge in [0, 0.05) is 12.3 Å². The van der Waals surface area contributed by atoms with E-state index < -0.39 is 9.84 Å². The molecule has 21 heavy (non-hydrogen) atoms. The van der Waals surface area contributed by atoms with E-state index in [-0.39, 0.29) is 40.7 Å². The molecule has 0 heterocycles. The van der Waals surface area contributed by atoms with Crippen LogP contribution in [0.3, 0.4) is 0 Å². The van der Waals surface area contributed by atoms with Gasteiger partial charge in [0.05, 0.1) is 10.5 Å². The third-order valence-electron chi connectivity index (χ3n) is 3.81. The first-order valence-electron chi connectivity index (χ1n) is 6.73. The van der Waals surface area contributed by atoms with Crippen LogP contribution in [-0.2, 0) is 9.84 Å². The Kier molecular flexibility index (Phi) is 6.19. The van der Waals surface area contributed by atoms with Crippen molar-refractivity contribution in [3.8, 4) is 0 Å². The minimum Gasteiger partial charge on any atom is -0.349 e. The van der Waals surface area contributed by atoms with Crippen LogP contribution in [-0.4, -0.2) is 33.2 Å². The Hall–Kier alpha value is -1.11. The average Bonchev–Trinajstić information content (AvgIpc) is 2.85. The molecule has 5 nitrogen and oxygen atoms in total. The Morgan fingerprint density at radius 2 is 2.00 bits per heavy atom. The Bertz CT molecular complexity index is 604. The molecule has 2 unspecified atom stereocenters. The number of halogens is 1. The molecule has 0 spiro atoms. The van der Waals surface area contributed by atoms with Crippen molar-refractivity contribution in [2.75, 3.05) is 12.8 Å². The normalized spacial score (nSPS) is 21.6. The number of rotatable bonds is 4. The second-order valence-electron chi connectivity index (χ2n) is 5.27. The molecule has 1 fully saturated rings. The number of nitrogens with one attached hydrogen (secondary N) is 1. The first kappa shape index (κ1) is 17.9. The maximum Gasteiger partial charge on any atom is 0.252 e. The van der Waals surface area contributed by atoms with E-state index in [1.165, 1.54) is 12.1 Å². The van der Waals surface area contributed by atoms with Crippen molar-refractivity contribution >= 4 is 28.2 Å². The van der Waals surface area contributed by atoms with Crippen molar-refractivity contribution in [1.29, 1.82) is 0 Å². The quantitative estimate of drug-likeness (QED) is 0.871. The molecule has 2 rings (SSSR count). The van der Waals surface area contributed by atoms with E-state index in [1.54, 1.807) is 12.1 Å². The third-order valence-corrected chi connectivity index (χ3v) is 4.96. The van der Waals surface area contributed by atoms with Gasteiger partial charge in [-0.15, -0.1) is 12.4 Å². The molecule has 0 radical (unpaired) electrons. The van der Waals surface area contributed by atoms with E-state index in [0.717, 1.165) is 25.5 Å². The molecule has 3 N–H and O–H groups in total. The summed E-state index contributed by atoms with van der Waals surface area (Å²) in [6.07, 6.45) is 4.06. The lowest BCUT2D eigenvalue weighted by Gasteiger charge is -2.20. The van der Waals surface area contributed by atoms with Crippen molar-refractivity contribution in [3.05, 3.63) is 29.8 Å². The SMILES string of the molecule is CS(=O)(=O)c1ccccc1C(=O)NC1CCCC1CN.Cl. The number of carbonyl (C=O) groups excluding carboxylic acids is 1. The lowest BCUT2D eigenvalue weighted by molar-refractivity contribution is 0.0925. The van der Waals surface area contributed by atoms with E-state index in [2.05, 4.69) is 5.32 Å². The molecular formula is C14H21ClN2O3S. The summed E-state index contributed by atoms with van der Waals surface area (Å²) in [6.45, 7) is 0.540. The predicted octanol–water partition coefficient (Wildman–Crippen LogP) is 1.37. The molecule has 118 valence electrons. The molecule has 7 heteroatoms. The van der Waals surface area contributed by atoms with Crippen molar-refractivity contribution in [2.24, 2.45) is 11.7 Å². The molecule has 2 atom stereocenters. The van der Waals surface area contributed by atoms with Crippen LogP contribution in [0.4, 0.5) is 0 Å². The van der Waals surface area contributed by atoms with Gasteiger partial charge in [0.1, 0.15) is 0 Å². The number of hydrogen-bond donors (Lipinski definition) is 2. The zero-order valence-corrected chi connectivity index (χ0v) is 13.5. The van der Waals surface area contributed by atoms with Crippen LogP contribution in [0.2, 0.25) is 0 Å². The van der Waals surface area contributed by atoms with E-state index in [9.17, 15) is 13.2 Å². The number of hydrogen-bond acceptors (Lipinski definition) is 4. The summed E-state index contributed by atoms with van der Waals surface area (Å²) in [5.41, 5.74) is 5.90. The summed E-state index contributed by atoms with van der Waals surface area (Å²) < 4.78 is 23.4. The molecule has 1 saturated carbocycles. The van der Waals surface area contributed by atoms with Gasteiger partial charge in [-0.25, -0.2) is 8.42 Å². The van der Waals surface area contributed by atoms with Crippen LogP contribution in [0, 0.1) is 5.92 Å². The average molecular weight is 333 g/mol. The summed E-state index contributed by atoms with van der Waals surface area (Å²) in [7, 11) is -3.42. The third kappa shape index (κ3) is 4.18. The van der Waals surface area contributed by atoms with Crippen molar-refractivity contribution in [2.45, 2.75) is 30.2 Å². The van der Waals surface area contributed by atoms with Gasteiger partial charge in [0.2, 0.25) is 0 Å². The van der Waals surface area contributed by atoms with Crippen LogP contribution in [0.25, 0.3) is 0 Å². The molecular weight excluding hydrogens is 312 g/mol. The first-order chi connectivity index (χ1) is 9.43. The van der Waals surface area contributed by atoms with Crippen LogP contribution in [0.15, 0.2) is 29.2 Å². The highest BCUT2D eigenvalue weighted by Crippen LogP contribution is 2.25. The summed E-state index contributed by atoms with van der Waals surface area (Å²) in [4.78, 5) is 12.4. The fourth-order valence-electron chi connectivity index (χ4n) is 2.73. The second-order valence-corrected chi connectivity index (χ2v) is 7.26. The highest BCUT2D eigenvalue weighted by Gasteiger charge is 2.28. The summed E-state index contributed by atoms with van der Waals surface area (Å²) in [5.74, 6) is -0.0549. The minimum atomic E-state index is -3.42. The van der Waals surface area contributed by atoms with Gasteiger partial charge in [0.15, 0.2) is 9.84 Å². The lowest BCUT2D eigenvalue weighted by atomic mass is 10.0. The van der Waals surface area contributed by atoms with Crippen molar-refractivity contribution in [1.82, 2.24) is 5.32 Å². The van der Waals surface area contributed by atoms with Gasteiger partial charge < -0.3 is 11.1 Å². The van der Waals surface area contributed by atoms with E-state index in [0.29, 0.717) is 6.54 Å². The molecule has 0 aromatic heterocycles. The highest BCUT2D eigenvalue weighted by atomic mass is 35.5. The molecule has 0 bridgehead atoms. The number of sulfone groups is 1. The zero-order chi connectivity index (χ0) is 14.8. The van der Waals surface area contributed by atoms with Crippen LogP contribution < -0.4 is 11.1 Å². The fraction of sp³-hybridized carbons (Fsp3) is 0.500. The predicted molar refractivity (Wildman–Crippen MR) is 84.4 cm³/mol. The molecule has 1 aliphatic carbocycles. The van der Waals surface area contributed by atoms with E-state index >= 15 is 0 Å². The van der Waals surface area contributed by atoms with Crippen molar-refractivity contribution < 1.29 is 13.2 Å². The largest absolute Gasteiger partial charge is 0.349 e. The number of carbonyl (C=O) groups is 1. The Morgan fingerprint density at radius 1 is 1.33 bits per heavy atom. The van der Waals surface area contributed by atoms with Gasteiger partial charge in [-0.05, 0) is 37.4 Å². The standard InChI is InChI=1S/C14H20N2O3S.ClH/c1-20(18,19)13-8-3-2-6-11(13)14(17)16-12-7-4-5-10(12)9-15;/h2-3,6,8,10,12H,4-5,7,9,15H2,1H3,(H,16,17);1H. The van der Waals surface area contributed by atoms with Gasteiger partial charge in [-0.1, -0.05) is 18.6 Å². The lowest BCUT2D eigenvalue weighted by Crippen LogP contribution is -2.40. The number of benzene rings is 1. The summed E-state index contributed by atoms with van der Waals surface area (Å²) >= 11 is 0. The first-order valence-corrected chi connectivity index (χ1v) is 8.62. The smallest absolute Gasteiger partial charge is 0.252 e. The molecule has 0 saturated heterocycles. The number of nitrogens with two attached hydrogens (primary N) is 1. The van der Waals surface area contributed by atoms with Crippen LogP contribution >= 0.6 is 12.4 Å². The van der Waals surface area contributed by atoms with Gasteiger partial charge in [0.25, 0.3) is 5.91 Å². The number of amides is 1. The van der Waals surface area contributed by atoms with E-state index in [1.807, 2.05) is 0 Å². The van der Waals surface area contributed by atoms with E-state index in [4.69, 9.17) is 5.73 Å². The monoisotopic (exact) mass is 332 g/mol. The Labute approximate surface area is 131 Å². The Balaban J connectivity index is 0.00000220. The van der Waals surface area contributed by atoms with Crippen LogP contribution in [0.1, 0.15) is 29.6 Å². The van der Waals surface area contributed by atoms with Gasteiger partial charge in [-0.2, -0.15) is 0 Å². The molecule has 1 amide bonds. The maximum atomic E-state index is 12.3. The molecule has 1 aromatic rings. The fourth-order valence-corrected chi connectivity index (χ4v) is 3.62. The minimum absolute atomic E-state index is 0. The molecule has 1 aliphatic rings. The maximum absolute atomic E-state index is 12.3. The molecule has 0 aliphatic heterocycles.